The lowest BCUT2D eigenvalue weighted by Gasteiger charge is -2.18. The molecule has 0 radical (unpaired) electrons. The summed E-state index contributed by atoms with van der Waals surface area (Å²) < 4.78 is 8.20. The highest BCUT2D eigenvalue weighted by atomic mass is 32.2. The molecule has 1 rings (SSSR count). The second-order valence-electron chi connectivity index (χ2n) is 3.07. The van der Waals surface area contributed by atoms with Gasteiger partial charge in [-0.1, -0.05) is 19.3 Å². The first-order valence-electron chi connectivity index (χ1n) is 4.46. The van der Waals surface area contributed by atoms with E-state index in [0.29, 0.717) is 0 Å². The lowest BCUT2D eigenvalue weighted by molar-refractivity contribution is 0.135. The summed E-state index contributed by atoms with van der Waals surface area (Å²) in [5.41, 5.74) is 0. The van der Waals surface area contributed by atoms with Crippen LogP contribution in [-0.4, -0.2) is 16.7 Å². The first-order valence-corrected chi connectivity index (χ1v) is 5.70. The summed E-state index contributed by atoms with van der Waals surface area (Å²) in [7, 11) is 0. The van der Waals surface area contributed by atoms with Gasteiger partial charge in [-0.15, -0.1) is 0 Å². The Bertz CT molecular complexity index is 213. The molecule has 4 nitrogen and oxygen atoms in total. The van der Waals surface area contributed by atoms with Gasteiger partial charge < -0.3 is 8.92 Å². The van der Waals surface area contributed by atoms with Crippen LogP contribution in [0.2, 0.25) is 0 Å². The molecule has 1 saturated carbocycles. The number of rotatable bonds is 1. The van der Waals surface area contributed by atoms with E-state index < -0.39 is 11.5 Å². The van der Waals surface area contributed by atoms with E-state index in [9.17, 15) is 9.59 Å². The minimum absolute atomic E-state index is 0.281. The maximum atomic E-state index is 11.1. The third-order valence-corrected chi connectivity index (χ3v) is 3.29. The fraction of sp³-hybridized carbons (Fsp3) is 0.750. The third-order valence-electron chi connectivity index (χ3n) is 2.06. The Balaban J connectivity index is 2.21. The van der Waals surface area contributed by atoms with Crippen molar-refractivity contribution in [3.05, 3.63) is 0 Å². The number of thioether (sulfide) groups is 1. The number of ether oxygens (including phenoxy) is 1. The zero-order valence-electron chi connectivity index (χ0n) is 7.60. The van der Waals surface area contributed by atoms with Gasteiger partial charge in [0.05, 0.1) is 0 Å². The van der Waals surface area contributed by atoms with Crippen molar-refractivity contribution in [3.8, 4) is 0 Å². The maximum Gasteiger partial charge on any atom is 0.529 e. The highest BCUT2D eigenvalue weighted by molar-refractivity contribution is 8.13. The average molecular weight is 236 g/mol. The van der Waals surface area contributed by atoms with Crippen LogP contribution in [-0.2, 0) is 8.92 Å². The Morgan fingerprint density at radius 3 is 2.43 bits per heavy atom. The highest BCUT2D eigenvalue weighted by Crippen LogP contribution is 2.29. The highest BCUT2D eigenvalue weighted by Gasteiger charge is 2.20. The van der Waals surface area contributed by atoms with Gasteiger partial charge in [-0.2, -0.15) is 0 Å². The quantitative estimate of drug-likeness (QED) is 0.328. The van der Waals surface area contributed by atoms with Crippen molar-refractivity contribution in [2.75, 3.05) is 0 Å². The molecule has 1 aliphatic rings. The van der Waals surface area contributed by atoms with Gasteiger partial charge >= 0.3 is 11.5 Å². The molecule has 0 saturated heterocycles. The third kappa shape index (κ3) is 4.23. The van der Waals surface area contributed by atoms with Crippen LogP contribution in [0.25, 0.3) is 0 Å². The topological polar surface area (TPSA) is 52.6 Å². The summed E-state index contributed by atoms with van der Waals surface area (Å²) in [5.74, 6) is 0. The monoisotopic (exact) mass is 236 g/mol. The maximum absolute atomic E-state index is 11.1. The first kappa shape index (κ1) is 11.7. The van der Waals surface area contributed by atoms with Crippen LogP contribution in [0.4, 0.5) is 9.59 Å². The number of carbonyl (C=O) groups is 2. The molecule has 0 aromatic carbocycles. The van der Waals surface area contributed by atoms with Gasteiger partial charge in [0.2, 0.25) is 0 Å². The van der Waals surface area contributed by atoms with Crippen LogP contribution in [0.15, 0.2) is 0 Å². The van der Waals surface area contributed by atoms with Crippen molar-refractivity contribution >= 4 is 36.1 Å². The predicted molar refractivity (Wildman–Crippen MR) is 56.4 cm³/mol. The molecule has 0 aromatic heterocycles. The molecule has 0 heterocycles. The second kappa shape index (κ2) is 6.19. The molecule has 1 aliphatic carbocycles. The predicted octanol–water partition coefficient (Wildman–Crippen LogP) is 3.17. The minimum Gasteiger partial charge on any atom is -0.363 e. The summed E-state index contributed by atoms with van der Waals surface area (Å²) >= 11 is 4.29. The molecular weight excluding hydrogens is 224 g/mol. The smallest absolute Gasteiger partial charge is 0.363 e. The Morgan fingerprint density at radius 2 is 1.86 bits per heavy atom. The van der Waals surface area contributed by atoms with E-state index in [4.69, 9.17) is 0 Å². The Kier molecular flexibility index (Phi) is 5.17. The van der Waals surface area contributed by atoms with E-state index in [1.165, 1.54) is 6.42 Å². The van der Waals surface area contributed by atoms with E-state index in [1.54, 1.807) is 0 Å². The molecule has 0 aromatic rings. The molecule has 0 unspecified atom stereocenters. The first-order chi connectivity index (χ1) is 6.72. The van der Waals surface area contributed by atoms with Gasteiger partial charge in [-0.05, 0) is 24.6 Å². The SMILES string of the molecule is O=C(OS)OC(=O)SC1CCCCC1. The van der Waals surface area contributed by atoms with Gasteiger partial charge in [-0.25, -0.2) is 9.59 Å². The van der Waals surface area contributed by atoms with Crippen LogP contribution >= 0.6 is 24.7 Å². The fourth-order valence-corrected chi connectivity index (χ4v) is 2.42. The number of thiol groups is 1. The van der Waals surface area contributed by atoms with Gasteiger partial charge in [0, 0.05) is 18.2 Å². The molecule has 1 fully saturated rings. The van der Waals surface area contributed by atoms with E-state index in [1.807, 2.05) is 0 Å². The van der Waals surface area contributed by atoms with Gasteiger partial charge in [0.25, 0.3) is 0 Å². The zero-order chi connectivity index (χ0) is 10.4. The van der Waals surface area contributed by atoms with Crippen molar-refractivity contribution in [2.45, 2.75) is 37.4 Å². The number of hydrogen-bond acceptors (Lipinski definition) is 6. The lowest BCUT2D eigenvalue weighted by atomic mass is 10.0. The molecule has 0 bridgehead atoms. The Hall–Kier alpha value is -0.360. The molecular formula is C8H12O4S2. The minimum atomic E-state index is -1.07. The summed E-state index contributed by atoms with van der Waals surface area (Å²) in [5, 5.41) is -0.320. The molecule has 0 amide bonds. The van der Waals surface area contributed by atoms with Gasteiger partial charge in [0.15, 0.2) is 0 Å². The van der Waals surface area contributed by atoms with E-state index in [2.05, 4.69) is 21.8 Å². The van der Waals surface area contributed by atoms with E-state index >= 15 is 0 Å². The normalized spacial score (nSPS) is 17.5. The van der Waals surface area contributed by atoms with Crippen molar-refractivity contribution in [2.24, 2.45) is 0 Å². The van der Waals surface area contributed by atoms with Crippen molar-refractivity contribution in [3.63, 3.8) is 0 Å². The summed E-state index contributed by atoms with van der Waals surface area (Å²) in [6, 6.07) is 0. The fourth-order valence-electron chi connectivity index (χ4n) is 1.43. The largest absolute Gasteiger partial charge is 0.529 e. The van der Waals surface area contributed by atoms with Crippen molar-refractivity contribution in [1.82, 2.24) is 0 Å². The van der Waals surface area contributed by atoms with Crippen molar-refractivity contribution < 1.29 is 18.5 Å². The molecule has 0 atom stereocenters. The van der Waals surface area contributed by atoms with E-state index in [-0.39, 0.29) is 5.25 Å². The standard InChI is InChI=1S/C8H12O4S2/c9-7(12-13)11-8(10)14-6-4-2-1-3-5-6/h6,13H,1-5H2. The molecule has 14 heavy (non-hydrogen) atoms. The number of hydrogen-bond donors (Lipinski definition) is 1. The number of carbonyl (C=O) groups excluding carboxylic acids is 2. The molecule has 0 aliphatic heterocycles. The van der Waals surface area contributed by atoms with Crippen LogP contribution in [0, 0.1) is 0 Å². The van der Waals surface area contributed by atoms with Crippen LogP contribution in [0.3, 0.4) is 0 Å². The lowest BCUT2D eigenvalue weighted by Crippen LogP contribution is -2.14. The van der Waals surface area contributed by atoms with Crippen LogP contribution in [0.5, 0.6) is 0 Å². The molecule has 0 N–H and O–H groups in total. The Labute approximate surface area is 92.3 Å². The molecule has 80 valence electrons. The van der Waals surface area contributed by atoms with Crippen LogP contribution < -0.4 is 0 Å². The summed E-state index contributed by atoms with van der Waals surface area (Å²) in [6.45, 7) is 0. The second-order valence-corrected chi connectivity index (χ2v) is 4.49. The molecule has 0 spiro atoms. The summed E-state index contributed by atoms with van der Waals surface area (Å²) in [6.07, 6.45) is 4.46. The Morgan fingerprint density at radius 1 is 1.21 bits per heavy atom. The van der Waals surface area contributed by atoms with Gasteiger partial charge in [-0.3, -0.25) is 0 Å². The zero-order valence-corrected chi connectivity index (χ0v) is 9.31. The summed E-state index contributed by atoms with van der Waals surface area (Å²) in [4.78, 5) is 21.6. The van der Waals surface area contributed by atoms with Gasteiger partial charge in [0.1, 0.15) is 0 Å². The van der Waals surface area contributed by atoms with E-state index in [0.717, 1.165) is 37.4 Å². The van der Waals surface area contributed by atoms with Crippen molar-refractivity contribution in [1.29, 1.82) is 0 Å². The van der Waals surface area contributed by atoms with Crippen LogP contribution in [0.1, 0.15) is 32.1 Å². The average Bonchev–Trinajstić information content (AvgIpc) is 2.19. The molecule has 6 heteroatoms.